The van der Waals surface area contributed by atoms with E-state index >= 15 is 0 Å². The quantitative estimate of drug-likeness (QED) is 0.827. The van der Waals surface area contributed by atoms with Crippen LogP contribution in [0.5, 0.6) is 0 Å². The van der Waals surface area contributed by atoms with Crippen LogP contribution in [-0.4, -0.2) is 19.0 Å². The Balaban J connectivity index is 2.53. The molecule has 0 unspecified atom stereocenters. The highest BCUT2D eigenvalue weighted by molar-refractivity contribution is 5.95. The molecule has 1 N–H and O–H groups in total. The van der Waals surface area contributed by atoms with Gasteiger partial charge in [-0.25, -0.2) is 4.79 Å². The van der Waals surface area contributed by atoms with E-state index < -0.39 is 0 Å². The Morgan fingerprint density at radius 3 is 2.63 bits per heavy atom. The molecule has 0 fully saturated rings. The first kappa shape index (κ1) is 13.3. The third-order valence-electron chi connectivity index (χ3n) is 3.44. The van der Waals surface area contributed by atoms with Gasteiger partial charge in [0.05, 0.1) is 12.7 Å². The standard InChI is InChI=1S/C15H17NO3/c1-9-6-4-5-7-11(9)12-8-13(17)16-10(2)14(12)15(18)19-3/h4-7,12H,8H2,1-3H3,(H,16,17)/t12-/m1/s1. The van der Waals surface area contributed by atoms with Crippen LogP contribution in [0.3, 0.4) is 0 Å². The molecule has 1 aromatic rings. The van der Waals surface area contributed by atoms with Gasteiger partial charge in [-0.2, -0.15) is 0 Å². The normalized spacial score (nSPS) is 19.1. The second-order valence-corrected chi connectivity index (χ2v) is 4.69. The highest BCUT2D eigenvalue weighted by atomic mass is 16.5. The second kappa shape index (κ2) is 5.26. The highest BCUT2D eigenvalue weighted by Crippen LogP contribution is 2.34. The highest BCUT2D eigenvalue weighted by Gasteiger charge is 2.32. The monoisotopic (exact) mass is 259 g/mol. The predicted octanol–water partition coefficient (Wildman–Crippen LogP) is 2.05. The Hall–Kier alpha value is -2.10. The lowest BCUT2D eigenvalue weighted by Gasteiger charge is -2.27. The number of aryl methyl sites for hydroxylation is 1. The maximum Gasteiger partial charge on any atom is 0.336 e. The van der Waals surface area contributed by atoms with Crippen molar-refractivity contribution >= 4 is 11.9 Å². The first-order valence-electron chi connectivity index (χ1n) is 6.19. The number of ether oxygens (including phenoxy) is 1. The number of methoxy groups -OCH3 is 1. The molecule has 1 heterocycles. The average molecular weight is 259 g/mol. The molecule has 1 amide bonds. The van der Waals surface area contributed by atoms with Gasteiger partial charge in [0.15, 0.2) is 0 Å². The fraction of sp³-hybridized carbons (Fsp3) is 0.333. The van der Waals surface area contributed by atoms with Crippen molar-refractivity contribution in [3.05, 3.63) is 46.7 Å². The van der Waals surface area contributed by atoms with Gasteiger partial charge in [0, 0.05) is 18.0 Å². The van der Waals surface area contributed by atoms with E-state index in [0.29, 0.717) is 11.3 Å². The smallest absolute Gasteiger partial charge is 0.336 e. The molecule has 1 atom stereocenters. The van der Waals surface area contributed by atoms with Gasteiger partial charge in [0.25, 0.3) is 0 Å². The first-order valence-corrected chi connectivity index (χ1v) is 6.19. The Labute approximate surface area is 112 Å². The summed E-state index contributed by atoms with van der Waals surface area (Å²) in [6.45, 7) is 3.71. The van der Waals surface area contributed by atoms with Crippen molar-refractivity contribution in [1.82, 2.24) is 5.32 Å². The summed E-state index contributed by atoms with van der Waals surface area (Å²) in [5.41, 5.74) is 3.18. The van der Waals surface area contributed by atoms with Crippen LogP contribution in [0.2, 0.25) is 0 Å². The summed E-state index contributed by atoms with van der Waals surface area (Å²) < 4.78 is 4.84. The SMILES string of the molecule is COC(=O)C1=C(C)NC(=O)C[C@@H]1c1ccccc1C. The molecule has 0 radical (unpaired) electrons. The van der Waals surface area contributed by atoms with Crippen LogP contribution in [0.25, 0.3) is 0 Å². The number of benzene rings is 1. The third kappa shape index (κ3) is 2.52. The molecule has 0 aromatic heterocycles. The van der Waals surface area contributed by atoms with Gasteiger partial charge in [0.2, 0.25) is 5.91 Å². The average Bonchev–Trinajstić information content (AvgIpc) is 2.37. The molecule has 4 heteroatoms. The fourth-order valence-corrected chi connectivity index (χ4v) is 2.52. The van der Waals surface area contributed by atoms with Crippen LogP contribution in [0.1, 0.15) is 30.4 Å². The summed E-state index contributed by atoms with van der Waals surface area (Å²) in [6, 6.07) is 7.79. The molecule has 1 aliphatic heterocycles. The molecular weight excluding hydrogens is 242 g/mol. The molecule has 19 heavy (non-hydrogen) atoms. The van der Waals surface area contributed by atoms with E-state index in [4.69, 9.17) is 4.74 Å². The van der Waals surface area contributed by atoms with Crippen molar-refractivity contribution in [2.24, 2.45) is 0 Å². The lowest BCUT2D eigenvalue weighted by Crippen LogP contribution is -2.34. The van der Waals surface area contributed by atoms with Crippen molar-refractivity contribution in [3.63, 3.8) is 0 Å². The summed E-state index contributed by atoms with van der Waals surface area (Å²) in [5, 5.41) is 2.70. The molecule has 4 nitrogen and oxygen atoms in total. The van der Waals surface area contributed by atoms with E-state index in [2.05, 4.69) is 5.32 Å². The molecule has 0 spiro atoms. The minimum Gasteiger partial charge on any atom is -0.466 e. The van der Waals surface area contributed by atoms with Gasteiger partial charge in [-0.05, 0) is 25.0 Å². The molecule has 2 rings (SSSR count). The van der Waals surface area contributed by atoms with Crippen molar-refractivity contribution in [3.8, 4) is 0 Å². The van der Waals surface area contributed by atoms with E-state index in [1.807, 2.05) is 31.2 Å². The summed E-state index contributed by atoms with van der Waals surface area (Å²) >= 11 is 0. The van der Waals surface area contributed by atoms with Crippen LogP contribution in [0.4, 0.5) is 0 Å². The van der Waals surface area contributed by atoms with Crippen molar-refractivity contribution in [2.75, 3.05) is 7.11 Å². The molecule has 0 bridgehead atoms. The maximum atomic E-state index is 11.9. The predicted molar refractivity (Wildman–Crippen MR) is 71.4 cm³/mol. The van der Waals surface area contributed by atoms with E-state index in [0.717, 1.165) is 11.1 Å². The number of esters is 1. The Morgan fingerprint density at radius 2 is 2.00 bits per heavy atom. The van der Waals surface area contributed by atoms with Gasteiger partial charge in [0.1, 0.15) is 0 Å². The fourth-order valence-electron chi connectivity index (χ4n) is 2.52. The van der Waals surface area contributed by atoms with Crippen LogP contribution in [0.15, 0.2) is 35.5 Å². The minimum absolute atomic E-state index is 0.0709. The number of hydrogen-bond donors (Lipinski definition) is 1. The number of amides is 1. The molecule has 0 saturated carbocycles. The van der Waals surface area contributed by atoms with Crippen molar-refractivity contribution in [2.45, 2.75) is 26.2 Å². The minimum atomic E-state index is -0.384. The zero-order chi connectivity index (χ0) is 14.0. The number of allylic oxidation sites excluding steroid dienone is 1. The van der Waals surface area contributed by atoms with Gasteiger partial charge >= 0.3 is 5.97 Å². The molecule has 1 aromatic carbocycles. The number of carbonyl (C=O) groups excluding carboxylic acids is 2. The molecule has 100 valence electrons. The van der Waals surface area contributed by atoms with E-state index in [9.17, 15) is 9.59 Å². The Morgan fingerprint density at radius 1 is 1.32 bits per heavy atom. The molecule has 0 aliphatic carbocycles. The number of nitrogens with one attached hydrogen (secondary N) is 1. The number of hydrogen-bond acceptors (Lipinski definition) is 3. The largest absolute Gasteiger partial charge is 0.466 e. The van der Waals surface area contributed by atoms with E-state index in [1.54, 1.807) is 6.92 Å². The Kier molecular flexibility index (Phi) is 3.69. The maximum absolute atomic E-state index is 11.9. The van der Waals surface area contributed by atoms with E-state index in [1.165, 1.54) is 7.11 Å². The summed E-state index contributed by atoms with van der Waals surface area (Å²) in [6.07, 6.45) is 0.270. The molecule has 0 saturated heterocycles. The van der Waals surface area contributed by atoms with Gasteiger partial charge in [-0.3, -0.25) is 4.79 Å². The Bertz CT molecular complexity index is 560. The van der Waals surface area contributed by atoms with Gasteiger partial charge in [-0.15, -0.1) is 0 Å². The lowest BCUT2D eigenvalue weighted by atomic mass is 9.82. The van der Waals surface area contributed by atoms with Crippen LogP contribution < -0.4 is 5.32 Å². The van der Waals surface area contributed by atoms with Crippen LogP contribution in [0, 0.1) is 6.92 Å². The molecule has 1 aliphatic rings. The number of carbonyl (C=O) groups is 2. The summed E-state index contributed by atoms with van der Waals surface area (Å²) in [5.74, 6) is -0.688. The zero-order valence-corrected chi connectivity index (χ0v) is 11.3. The first-order chi connectivity index (χ1) is 9.04. The van der Waals surface area contributed by atoms with Gasteiger partial charge in [-0.1, -0.05) is 24.3 Å². The van der Waals surface area contributed by atoms with Crippen LogP contribution in [-0.2, 0) is 14.3 Å². The van der Waals surface area contributed by atoms with Crippen molar-refractivity contribution < 1.29 is 14.3 Å². The zero-order valence-electron chi connectivity index (χ0n) is 11.3. The second-order valence-electron chi connectivity index (χ2n) is 4.69. The molecular formula is C15H17NO3. The summed E-state index contributed by atoms with van der Waals surface area (Å²) in [4.78, 5) is 23.7. The summed E-state index contributed by atoms with van der Waals surface area (Å²) in [7, 11) is 1.36. The lowest BCUT2D eigenvalue weighted by molar-refractivity contribution is -0.136. The number of rotatable bonds is 2. The van der Waals surface area contributed by atoms with Gasteiger partial charge < -0.3 is 10.1 Å². The van der Waals surface area contributed by atoms with Crippen molar-refractivity contribution in [1.29, 1.82) is 0 Å². The van der Waals surface area contributed by atoms with E-state index in [-0.39, 0.29) is 24.2 Å². The van der Waals surface area contributed by atoms with Crippen LogP contribution >= 0.6 is 0 Å². The topological polar surface area (TPSA) is 55.4 Å². The third-order valence-corrected chi connectivity index (χ3v) is 3.44.